The number of piperidine rings is 1. The molecule has 6 heteroatoms. The number of imidazole rings is 1. The topological polar surface area (TPSA) is 33.1 Å². The van der Waals surface area contributed by atoms with Crippen LogP contribution in [0.2, 0.25) is 0 Å². The van der Waals surface area contributed by atoms with Gasteiger partial charge in [-0.2, -0.15) is 0 Å². The predicted molar refractivity (Wildman–Crippen MR) is 104 cm³/mol. The van der Waals surface area contributed by atoms with Gasteiger partial charge in [-0.3, -0.25) is 4.90 Å². The lowest BCUT2D eigenvalue weighted by Crippen LogP contribution is -2.36. The first-order valence-electron chi connectivity index (χ1n) is 9.39. The molecule has 1 aromatic carbocycles. The van der Waals surface area contributed by atoms with Gasteiger partial charge in [0.05, 0.1) is 6.54 Å². The Bertz CT molecular complexity index is 726. The SMILES string of the molecule is CCn1ccnc1CN(Cc1cccc(F)c1)C1CC12CCNCC2.Cl. The number of aryl methyl sites for hydroxylation is 1. The largest absolute Gasteiger partial charge is 0.334 e. The number of nitrogens with zero attached hydrogens (tertiary/aromatic N) is 3. The average Bonchev–Trinajstić information content (AvgIpc) is 3.10. The summed E-state index contributed by atoms with van der Waals surface area (Å²) in [6.45, 7) is 6.93. The molecule has 4 nitrogen and oxygen atoms in total. The summed E-state index contributed by atoms with van der Waals surface area (Å²) in [5.74, 6) is 0.953. The Hall–Kier alpha value is -1.43. The maximum absolute atomic E-state index is 13.6. The van der Waals surface area contributed by atoms with E-state index in [9.17, 15) is 4.39 Å². The second kappa shape index (κ2) is 8.07. The Morgan fingerprint density at radius 1 is 1.31 bits per heavy atom. The van der Waals surface area contributed by atoms with Gasteiger partial charge in [0, 0.05) is 31.5 Å². The molecule has 2 aromatic rings. The van der Waals surface area contributed by atoms with Crippen LogP contribution in [0.5, 0.6) is 0 Å². The number of aromatic nitrogens is 2. The summed E-state index contributed by atoms with van der Waals surface area (Å²) in [6, 6.07) is 7.60. The van der Waals surface area contributed by atoms with Crippen molar-refractivity contribution in [3.63, 3.8) is 0 Å². The molecule has 0 bridgehead atoms. The number of hydrogen-bond acceptors (Lipinski definition) is 3. The Kier molecular flexibility index (Phi) is 6.00. The van der Waals surface area contributed by atoms with Crippen molar-refractivity contribution >= 4 is 12.4 Å². The number of nitrogens with one attached hydrogen (secondary N) is 1. The van der Waals surface area contributed by atoms with Gasteiger partial charge < -0.3 is 9.88 Å². The third-order valence-electron chi connectivity index (χ3n) is 5.95. The molecule has 1 N–H and O–H groups in total. The fourth-order valence-corrected chi connectivity index (χ4v) is 4.41. The van der Waals surface area contributed by atoms with E-state index in [0.717, 1.165) is 44.1 Å². The Morgan fingerprint density at radius 3 is 2.85 bits per heavy atom. The fraction of sp³-hybridized carbons (Fsp3) is 0.550. The van der Waals surface area contributed by atoms with Crippen molar-refractivity contribution in [1.82, 2.24) is 19.8 Å². The predicted octanol–water partition coefficient (Wildman–Crippen LogP) is 3.61. The molecule has 1 spiro atoms. The van der Waals surface area contributed by atoms with Crippen molar-refractivity contribution in [2.45, 2.75) is 51.9 Å². The van der Waals surface area contributed by atoms with E-state index in [1.165, 1.54) is 25.3 Å². The van der Waals surface area contributed by atoms with Crippen LogP contribution in [0.1, 0.15) is 37.6 Å². The molecule has 1 aliphatic carbocycles. The third kappa shape index (κ3) is 3.95. The number of rotatable bonds is 6. The lowest BCUT2D eigenvalue weighted by Gasteiger charge is -2.29. The average molecular weight is 379 g/mol. The summed E-state index contributed by atoms with van der Waals surface area (Å²) in [7, 11) is 0. The quantitative estimate of drug-likeness (QED) is 0.833. The van der Waals surface area contributed by atoms with Crippen molar-refractivity contribution in [3.8, 4) is 0 Å². The molecule has 4 rings (SSSR count). The summed E-state index contributed by atoms with van der Waals surface area (Å²) in [6.07, 6.45) is 7.69. The van der Waals surface area contributed by atoms with Gasteiger partial charge in [-0.1, -0.05) is 12.1 Å². The third-order valence-corrected chi connectivity index (χ3v) is 5.95. The number of hydrogen-bond donors (Lipinski definition) is 1. The second-order valence-corrected chi connectivity index (χ2v) is 7.50. The zero-order valence-electron chi connectivity index (χ0n) is 15.3. The minimum atomic E-state index is -0.153. The first-order chi connectivity index (χ1) is 12.2. The summed E-state index contributed by atoms with van der Waals surface area (Å²) in [5.41, 5.74) is 1.51. The van der Waals surface area contributed by atoms with Crippen molar-refractivity contribution < 1.29 is 4.39 Å². The smallest absolute Gasteiger partial charge is 0.123 e. The maximum Gasteiger partial charge on any atom is 0.123 e. The highest BCUT2D eigenvalue weighted by atomic mass is 35.5. The summed E-state index contributed by atoms with van der Waals surface area (Å²) < 4.78 is 15.8. The van der Waals surface area contributed by atoms with Crippen LogP contribution >= 0.6 is 12.4 Å². The van der Waals surface area contributed by atoms with Gasteiger partial charge in [-0.05, 0) is 62.4 Å². The highest BCUT2D eigenvalue weighted by Gasteiger charge is 2.56. The first-order valence-corrected chi connectivity index (χ1v) is 9.39. The molecular weight excluding hydrogens is 351 g/mol. The van der Waals surface area contributed by atoms with E-state index in [2.05, 4.69) is 26.7 Å². The van der Waals surface area contributed by atoms with Crippen LogP contribution < -0.4 is 5.32 Å². The normalized spacial score (nSPS) is 21.0. The molecule has 2 fully saturated rings. The van der Waals surface area contributed by atoms with E-state index in [1.54, 1.807) is 6.07 Å². The Labute approximate surface area is 161 Å². The first kappa shape index (κ1) is 19.3. The number of benzene rings is 1. The molecule has 0 amide bonds. The van der Waals surface area contributed by atoms with Crippen LogP contribution in [0, 0.1) is 11.2 Å². The van der Waals surface area contributed by atoms with Crippen molar-refractivity contribution in [3.05, 3.63) is 53.9 Å². The molecular formula is C20H28ClFN4. The van der Waals surface area contributed by atoms with Gasteiger partial charge in [0.2, 0.25) is 0 Å². The van der Waals surface area contributed by atoms with E-state index in [-0.39, 0.29) is 18.2 Å². The van der Waals surface area contributed by atoms with Gasteiger partial charge in [-0.15, -0.1) is 12.4 Å². The zero-order valence-corrected chi connectivity index (χ0v) is 16.1. The van der Waals surface area contributed by atoms with Crippen LogP contribution in [-0.4, -0.2) is 33.6 Å². The van der Waals surface area contributed by atoms with Gasteiger partial charge in [0.15, 0.2) is 0 Å². The van der Waals surface area contributed by atoms with Crippen molar-refractivity contribution in [2.24, 2.45) is 5.41 Å². The molecule has 1 unspecified atom stereocenters. The van der Waals surface area contributed by atoms with Crippen LogP contribution in [0.3, 0.4) is 0 Å². The molecule has 1 saturated carbocycles. The van der Waals surface area contributed by atoms with Gasteiger partial charge in [0.25, 0.3) is 0 Å². The lowest BCUT2D eigenvalue weighted by atomic mass is 9.93. The fourth-order valence-electron chi connectivity index (χ4n) is 4.41. The van der Waals surface area contributed by atoms with Crippen molar-refractivity contribution in [1.29, 1.82) is 0 Å². The lowest BCUT2D eigenvalue weighted by molar-refractivity contribution is 0.182. The molecule has 1 aliphatic heterocycles. The van der Waals surface area contributed by atoms with Crippen molar-refractivity contribution in [2.75, 3.05) is 13.1 Å². The molecule has 1 atom stereocenters. The zero-order chi connectivity index (χ0) is 17.3. The van der Waals surface area contributed by atoms with Crippen LogP contribution in [0.4, 0.5) is 4.39 Å². The molecule has 2 aliphatic rings. The van der Waals surface area contributed by atoms with E-state index in [4.69, 9.17) is 0 Å². The van der Waals surface area contributed by atoms with Crippen LogP contribution in [-0.2, 0) is 19.6 Å². The van der Waals surface area contributed by atoms with Gasteiger partial charge in [-0.25, -0.2) is 9.37 Å². The molecule has 1 saturated heterocycles. The van der Waals surface area contributed by atoms with E-state index >= 15 is 0 Å². The van der Waals surface area contributed by atoms with E-state index < -0.39 is 0 Å². The minimum Gasteiger partial charge on any atom is -0.334 e. The molecule has 142 valence electrons. The summed E-state index contributed by atoms with van der Waals surface area (Å²) in [5, 5.41) is 3.48. The second-order valence-electron chi connectivity index (χ2n) is 7.50. The maximum atomic E-state index is 13.6. The molecule has 1 aromatic heterocycles. The Morgan fingerprint density at radius 2 is 2.12 bits per heavy atom. The monoisotopic (exact) mass is 378 g/mol. The highest BCUT2D eigenvalue weighted by molar-refractivity contribution is 5.85. The molecule has 0 radical (unpaired) electrons. The summed E-state index contributed by atoms with van der Waals surface area (Å²) in [4.78, 5) is 7.09. The molecule has 2 heterocycles. The minimum absolute atomic E-state index is 0. The summed E-state index contributed by atoms with van der Waals surface area (Å²) >= 11 is 0. The standard InChI is InChI=1S/C20H27FN4.ClH/c1-2-24-11-10-23-19(24)15-25(14-16-4-3-5-17(21)12-16)18-13-20(18)6-8-22-9-7-20;/h3-5,10-12,18,22H,2,6-9,13-15H2,1H3;1H. The Balaban J connectivity index is 0.00000196. The highest BCUT2D eigenvalue weighted by Crippen LogP contribution is 2.56. The van der Waals surface area contributed by atoms with E-state index in [0.29, 0.717) is 11.5 Å². The van der Waals surface area contributed by atoms with Gasteiger partial charge in [0.1, 0.15) is 11.6 Å². The molecule has 26 heavy (non-hydrogen) atoms. The number of halogens is 2. The van der Waals surface area contributed by atoms with Crippen LogP contribution in [0.25, 0.3) is 0 Å². The van der Waals surface area contributed by atoms with Gasteiger partial charge >= 0.3 is 0 Å². The van der Waals surface area contributed by atoms with Crippen LogP contribution in [0.15, 0.2) is 36.7 Å². The van der Waals surface area contributed by atoms with E-state index in [1.807, 2.05) is 24.5 Å².